The molecule has 3 aromatic carbocycles. The van der Waals surface area contributed by atoms with Crippen LogP contribution in [0.2, 0.25) is 0 Å². The van der Waals surface area contributed by atoms with Gasteiger partial charge in [0, 0.05) is 11.3 Å². The molecule has 0 fully saturated rings. The zero-order valence-electron chi connectivity index (χ0n) is 18.9. The Labute approximate surface area is 188 Å². The van der Waals surface area contributed by atoms with Crippen molar-refractivity contribution in [2.75, 3.05) is 11.9 Å². The van der Waals surface area contributed by atoms with E-state index >= 15 is 0 Å². The SMILES string of the molecule is CC[C@H](C)c1ccc2oc(-c3cccc(NC(=O)COc4ccc(C)cc4C)c3)nc2c1. The number of hydrogen-bond donors (Lipinski definition) is 1. The Hall–Kier alpha value is -3.60. The van der Waals surface area contributed by atoms with Gasteiger partial charge in [-0.05, 0) is 73.7 Å². The number of aryl methyl sites for hydroxylation is 2. The second-order valence-corrected chi connectivity index (χ2v) is 8.24. The van der Waals surface area contributed by atoms with Crippen molar-refractivity contribution >= 4 is 22.7 Å². The van der Waals surface area contributed by atoms with Crippen LogP contribution in [-0.4, -0.2) is 17.5 Å². The Balaban J connectivity index is 1.46. The molecule has 1 aromatic heterocycles. The van der Waals surface area contributed by atoms with Crippen molar-refractivity contribution in [3.63, 3.8) is 0 Å². The van der Waals surface area contributed by atoms with E-state index in [0.717, 1.165) is 34.2 Å². The molecule has 0 saturated heterocycles. The first-order valence-electron chi connectivity index (χ1n) is 10.9. The van der Waals surface area contributed by atoms with Gasteiger partial charge in [-0.1, -0.05) is 43.7 Å². The highest BCUT2D eigenvalue weighted by Crippen LogP contribution is 2.29. The van der Waals surface area contributed by atoms with Crippen molar-refractivity contribution < 1.29 is 13.9 Å². The van der Waals surface area contributed by atoms with E-state index in [1.807, 2.05) is 62.4 Å². The lowest BCUT2D eigenvalue weighted by Crippen LogP contribution is -2.20. The van der Waals surface area contributed by atoms with Gasteiger partial charge in [-0.25, -0.2) is 4.98 Å². The van der Waals surface area contributed by atoms with Crippen molar-refractivity contribution in [3.8, 4) is 17.2 Å². The normalized spacial score (nSPS) is 12.0. The molecule has 1 N–H and O–H groups in total. The highest BCUT2D eigenvalue weighted by Gasteiger charge is 2.12. The van der Waals surface area contributed by atoms with Gasteiger partial charge in [0.2, 0.25) is 5.89 Å². The molecule has 1 heterocycles. The summed E-state index contributed by atoms with van der Waals surface area (Å²) in [6.07, 6.45) is 1.07. The van der Waals surface area contributed by atoms with Gasteiger partial charge in [0.15, 0.2) is 12.2 Å². The average molecular weight is 429 g/mol. The summed E-state index contributed by atoms with van der Waals surface area (Å²) in [6, 6.07) is 19.5. The summed E-state index contributed by atoms with van der Waals surface area (Å²) in [7, 11) is 0. The van der Waals surface area contributed by atoms with Crippen LogP contribution in [-0.2, 0) is 4.79 Å². The molecule has 0 aliphatic heterocycles. The number of amides is 1. The van der Waals surface area contributed by atoms with E-state index in [1.54, 1.807) is 0 Å². The van der Waals surface area contributed by atoms with E-state index in [9.17, 15) is 4.79 Å². The van der Waals surface area contributed by atoms with Crippen LogP contribution >= 0.6 is 0 Å². The average Bonchev–Trinajstić information content (AvgIpc) is 3.21. The molecule has 5 nitrogen and oxygen atoms in total. The maximum absolute atomic E-state index is 12.4. The largest absolute Gasteiger partial charge is 0.483 e. The van der Waals surface area contributed by atoms with Crippen molar-refractivity contribution in [1.29, 1.82) is 0 Å². The maximum Gasteiger partial charge on any atom is 0.262 e. The number of benzene rings is 3. The number of carbonyl (C=O) groups is 1. The molecule has 32 heavy (non-hydrogen) atoms. The van der Waals surface area contributed by atoms with Gasteiger partial charge in [-0.15, -0.1) is 0 Å². The fourth-order valence-electron chi connectivity index (χ4n) is 3.64. The smallest absolute Gasteiger partial charge is 0.262 e. The molecule has 164 valence electrons. The van der Waals surface area contributed by atoms with Crippen LogP contribution in [0.1, 0.15) is 42.9 Å². The molecule has 0 aliphatic carbocycles. The van der Waals surface area contributed by atoms with Crippen LogP contribution in [0.3, 0.4) is 0 Å². The lowest BCUT2D eigenvalue weighted by atomic mass is 9.98. The Morgan fingerprint density at radius 2 is 1.94 bits per heavy atom. The summed E-state index contributed by atoms with van der Waals surface area (Å²) in [6.45, 7) is 8.32. The van der Waals surface area contributed by atoms with Gasteiger partial charge in [-0.3, -0.25) is 4.79 Å². The molecule has 0 spiro atoms. The summed E-state index contributed by atoms with van der Waals surface area (Å²) in [5.41, 5.74) is 6.49. The molecule has 4 rings (SSSR count). The van der Waals surface area contributed by atoms with E-state index < -0.39 is 0 Å². The standard InChI is InChI=1S/C27H28N2O3/c1-5-18(3)20-10-12-25-23(15-20)29-27(32-25)21-7-6-8-22(14-21)28-26(30)16-31-24-11-9-17(2)13-19(24)4/h6-15,18H,5,16H2,1-4H3,(H,28,30)/t18-/m0/s1. The van der Waals surface area contributed by atoms with Gasteiger partial charge in [0.05, 0.1) is 0 Å². The quantitative estimate of drug-likeness (QED) is 0.358. The lowest BCUT2D eigenvalue weighted by Gasteiger charge is -2.10. The zero-order chi connectivity index (χ0) is 22.7. The molecule has 0 bridgehead atoms. The van der Waals surface area contributed by atoms with E-state index in [0.29, 0.717) is 23.2 Å². The number of fused-ring (bicyclic) bond motifs is 1. The molecular weight excluding hydrogens is 400 g/mol. The van der Waals surface area contributed by atoms with Crippen LogP contribution in [0.25, 0.3) is 22.6 Å². The summed E-state index contributed by atoms with van der Waals surface area (Å²) >= 11 is 0. The Kier molecular flexibility index (Phi) is 6.26. The molecule has 1 amide bonds. The van der Waals surface area contributed by atoms with E-state index in [4.69, 9.17) is 9.15 Å². The minimum atomic E-state index is -0.224. The molecule has 0 radical (unpaired) electrons. The van der Waals surface area contributed by atoms with Gasteiger partial charge in [0.1, 0.15) is 11.3 Å². The van der Waals surface area contributed by atoms with E-state index in [-0.39, 0.29) is 12.5 Å². The summed E-state index contributed by atoms with van der Waals surface area (Å²) in [5.74, 6) is 1.49. The van der Waals surface area contributed by atoms with Gasteiger partial charge in [-0.2, -0.15) is 0 Å². The van der Waals surface area contributed by atoms with E-state index in [2.05, 4.69) is 36.3 Å². The van der Waals surface area contributed by atoms with Crippen molar-refractivity contribution in [1.82, 2.24) is 4.98 Å². The van der Waals surface area contributed by atoms with Gasteiger partial charge >= 0.3 is 0 Å². The first-order chi connectivity index (χ1) is 15.4. The Morgan fingerprint density at radius 1 is 1.09 bits per heavy atom. The number of rotatable bonds is 7. The van der Waals surface area contributed by atoms with Crippen LogP contribution in [0.5, 0.6) is 5.75 Å². The van der Waals surface area contributed by atoms with Crippen LogP contribution in [0.4, 0.5) is 5.69 Å². The number of hydrogen-bond acceptors (Lipinski definition) is 4. The minimum absolute atomic E-state index is 0.0601. The number of anilines is 1. The predicted molar refractivity (Wildman–Crippen MR) is 128 cm³/mol. The number of oxazole rings is 1. The van der Waals surface area contributed by atoms with Crippen LogP contribution in [0.15, 0.2) is 65.1 Å². The number of carbonyl (C=O) groups excluding carboxylic acids is 1. The van der Waals surface area contributed by atoms with Crippen molar-refractivity contribution in [2.24, 2.45) is 0 Å². The third kappa shape index (κ3) is 4.83. The molecule has 0 unspecified atom stereocenters. The molecule has 1 atom stereocenters. The van der Waals surface area contributed by atoms with Gasteiger partial charge in [0.25, 0.3) is 5.91 Å². The maximum atomic E-state index is 12.4. The predicted octanol–water partition coefficient (Wildman–Crippen LogP) is 6.64. The van der Waals surface area contributed by atoms with Crippen LogP contribution in [0, 0.1) is 13.8 Å². The number of nitrogens with zero attached hydrogens (tertiary/aromatic N) is 1. The number of aromatic nitrogens is 1. The zero-order valence-corrected chi connectivity index (χ0v) is 18.9. The van der Waals surface area contributed by atoms with E-state index in [1.165, 1.54) is 5.56 Å². The third-order valence-electron chi connectivity index (χ3n) is 5.68. The highest BCUT2D eigenvalue weighted by molar-refractivity contribution is 5.92. The third-order valence-corrected chi connectivity index (χ3v) is 5.68. The highest BCUT2D eigenvalue weighted by atomic mass is 16.5. The molecule has 5 heteroatoms. The number of nitrogens with one attached hydrogen (secondary N) is 1. The summed E-state index contributed by atoms with van der Waals surface area (Å²) in [5, 5.41) is 2.89. The lowest BCUT2D eigenvalue weighted by molar-refractivity contribution is -0.118. The monoisotopic (exact) mass is 428 g/mol. The fraction of sp³-hybridized carbons (Fsp3) is 0.259. The second-order valence-electron chi connectivity index (χ2n) is 8.24. The summed E-state index contributed by atoms with van der Waals surface area (Å²) in [4.78, 5) is 17.1. The summed E-state index contributed by atoms with van der Waals surface area (Å²) < 4.78 is 11.6. The Morgan fingerprint density at radius 3 is 2.72 bits per heavy atom. The Bertz CT molecular complexity index is 1260. The van der Waals surface area contributed by atoms with Crippen molar-refractivity contribution in [2.45, 2.75) is 40.0 Å². The molecule has 0 aliphatic rings. The fourth-order valence-corrected chi connectivity index (χ4v) is 3.64. The number of ether oxygens (including phenoxy) is 1. The second kappa shape index (κ2) is 9.27. The van der Waals surface area contributed by atoms with Gasteiger partial charge < -0.3 is 14.5 Å². The minimum Gasteiger partial charge on any atom is -0.483 e. The molecule has 0 saturated carbocycles. The van der Waals surface area contributed by atoms with Crippen LogP contribution < -0.4 is 10.1 Å². The first kappa shape index (κ1) is 21.6. The van der Waals surface area contributed by atoms with Crippen molar-refractivity contribution in [3.05, 3.63) is 77.4 Å². The molecule has 4 aromatic rings. The molecular formula is C27H28N2O3. The topological polar surface area (TPSA) is 64.4 Å². The first-order valence-corrected chi connectivity index (χ1v) is 10.9.